The number of benzene rings is 2. The number of hydrogen-bond acceptors (Lipinski definition) is 3. The lowest BCUT2D eigenvalue weighted by atomic mass is 9.98. The normalized spacial score (nSPS) is 12.1. The molecule has 0 radical (unpaired) electrons. The monoisotopic (exact) mass is 275 g/mol. The van der Waals surface area contributed by atoms with E-state index in [-0.39, 0.29) is 11.5 Å². The number of Topliss-reactive ketones (excluding diaryl/α,β-unsaturated/α-hetero) is 1. The Morgan fingerprint density at radius 2 is 1.68 bits per heavy atom. The van der Waals surface area contributed by atoms with E-state index in [0.717, 1.165) is 5.56 Å². The largest absolute Gasteiger partial charge is 0.508 e. The van der Waals surface area contributed by atoms with Gasteiger partial charge in [-0.1, -0.05) is 23.7 Å². The van der Waals surface area contributed by atoms with Gasteiger partial charge in [0.25, 0.3) is 0 Å². The van der Waals surface area contributed by atoms with Crippen LogP contribution in [0, 0.1) is 0 Å². The number of carbonyl (C=O) groups excluding carboxylic acids is 1. The Balaban J connectivity index is 2.07. The van der Waals surface area contributed by atoms with Crippen molar-refractivity contribution in [3.8, 4) is 5.75 Å². The Labute approximate surface area is 116 Å². The fourth-order valence-electron chi connectivity index (χ4n) is 1.81. The van der Waals surface area contributed by atoms with Crippen LogP contribution in [0.1, 0.15) is 15.9 Å². The molecule has 3 nitrogen and oxygen atoms in total. The summed E-state index contributed by atoms with van der Waals surface area (Å²) in [6.45, 7) is 0. The van der Waals surface area contributed by atoms with Gasteiger partial charge in [-0.2, -0.15) is 0 Å². The van der Waals surface area contributed by atoms with Crippen LogP contribution in [0.4, 0.5) is 0 Å². The van der Waals surface area contributed by atoms with Crippen LogP contribution in [0.5, 0.6) is 5.75 Å². The molecule has 0 aliphatic carbocycles. The first-order valence-corrected chi connectivity index (χ1v) is 6.27. The lowest BCUT2D eigenvalue weighted by molar-refractivity contribution is 0.0961. The molecule has 0 heterocycles. The topological polar surface area (TPSA) is 63.3 Å². The first-order valence-electron chi connectivity index (χ1n) is 5.89. The van der Waals surface area contributed by atoms with Crippen LogP contribution >= 0.6 is 11.6 Å². The minimum absolute atomic E-state index is 0.121. The molecule has 0 spiro atoms. The molecule has 19 heavy (non-hydrogen) atoms. The van der Waals surface area contributed by atoms with Gasteiger partial charge in [-0.15, -0.1) is 0 Å². The van der Waals surface area contributed by atoms with Crippen molar-refractivity contribution in [2.24, 2.45) is 5.73 Å². The Bertz CT molecular complexity index is 564. The van der Waals surface area contributed by atoms with E-state index in [1.807, 2.05) is 0 Å². The van der Waals surface area contributed by atoms with Crippen LogP contribution < -0.4 is 5.73 Å². The van der Waals surface area contributed by atoms with E-state index in [1.54, 1.807) is 48.5 Å². The molecule has 1 atom stereocenters. The molecule has 2 rings (SSSR count). The summed E-state index contributed by atoms with van der Waals surface area (Å²) in [4.78, 5) is 12.1. The highest BCUT2D eigenvalue weighted by Crippen LogP contribution is 2.14. The predicted octanol–water partition coefficient (Wildman–Crippen LogP) is 2.80. The van der Waals surface area contributed by atoms with E-state index < -0.39 is 6.04 Å². The van der Waals surface area contributed by atoms with Gasteiger partial charge in [0.15, 0.2) is 5.78 Å². The van der Waals surface area contributed by atoms with Crippen molar-refractivity contribution in [2.75, 3.05) is 0 Å². The minimum atomic E-state index is -0.606. The predicted molar refractivity (Wildman–Crippen MR) is 75.6 cm³/mol. The van der Waals surface area contributed by atoms with Gasteiger partial charge in [0.05, 0.1) is 6.04 Å². The summed E-state index contributed by atoms with van der Waals surface area (Å²) in [5.74, 6) is 0.0751. The smallest absolute Gasteiger partial charge is 0.179 e. The molecule has 98 valence electrons. The third-order valence-electron chi connectivity index (χ3n) is 2.86. The number of phenols is 1. The number of rotatable bonds is 4. The number of carbonyl (C=O) groups is 1. The molecular weight excluding hydrogens is 262 g/mol. The highest BCUT2D eigenvalue weighted by atomic mass is 35.5. The summed E-state index contributed by atoms with van der Waals surface area (Å²) in [6.07, 6.45) is 0.432. The molecule has 0 aromatic heterocycles. The van der Waals surface area contributed by atoms with Gasteiger partial charge in [0.2, 0.25) is 0 Å². The van der Waals surface area contributed by atoms with E-state index in [9.17, 15) is 9.90 Å². The van der Waals surface area contributed by atoms with Gasteiger partial charge in [-0.05, 0) is 48.4 Å². The number of hydrogen-bond donors (Lipinski definition) is 2. The van der Waals surface area contributed by atoms with Crippen molar-refractivity contribution in [1.29, 1.82) is 0 Å². The molecule has 0 saturated carbocycles. The van der Waals surface area contributed by atoms with Crippen LogP contribution in [-0.4, -0.2) is 16.9 Å². The van der Waals surface area contributed by atoms with E-state index in [2.05, 4.69) is 0 Å². The molecule has 0 saturated heterocycles. The van der Waals surface area contributed by atoms with Crippen LogP contribution in [0.3, 0.4) is 0 Å². The summed E-state index contributed by atoms with van der Waals surface area (Å²) in [6, 6.07) is 12.7. The third-order valence-corrected chi connectivity index (χ3v) is 3.11. The number of halogens is 1. The first kappa shape index (κ1) is 13.6. The number of ketones is 1. The Morgan fingerprint density at radius 1 is 1.11 bits per heavy atom. The number of nitrogens with two attached hydrogens (primary N) is 1. The maximum absolute atomic E-state index is 12.1. The van der Waals surface area contributed by atoms with E-state index in [1.165, 1.54) is 0 Å². The van der Waals surface area contributed by atoms with E-state index in [4.69, 9.17) is 17.3 Å². The molecule has 1 unspecified atom stereocenters. The zero-order valence-electron chi connectivity index (χ0n) is 10.2. The molecule has 0 bridgehead atoms. The maximum atomic E-state index is 12.1. The second-order valence-corrected chi connectivity index (χ2v) is 4.78. The molecule has 3 N–H and O–H groups in total. The molecule has 2 aromatic rings. The zero-order chi connectivity index (χ0) is 13.8. The second-order valence-electron chi connectivity index (χ2n) is 4.35. The van der Waals surface area contributed by atoms with Crippen molar-refractivity contribution >= 4 is 17.4 Å². The minimum Gasteiger partial charge on any atom is -0.508 e. The Hall–Kier alpha value is -1.84. The summed E-state index contributed by atoms with van der Waals surface area (Å²) < 4.78 is 0. The molecule has 0 amide bonds. The average molecular weight is 276 g/mol. The molecule has 2 aromatic carbocycles. The maximum Gasteiger partial charge on any atom is 0.179 e. The second kappa shape index (κ2) is 5.87. The van der Waals surface area contributed by atoms with Crippen molar-refractivity contribution in [2.45, 2.75) is 12.5 Å². The third kappa shape index (κ3) is 3.56. The van der Waals surface area contributed by atoms with E-state index >= 15 is 0 Å². The molecule has 0 aliphatic rings. The van der Waals surface area contributed by atoms with Gasteiger partial charge in [-0.3, -0.25) is 4.79 Å². The van der Waals surface area contributed by atoms with Crippen molar-refractivity contribution in [3.05, 3.63) is 64.7 Å². The van der Waals surface area contributed by atoms with Crippen LogP contribution in [0.15, 0.2) is 48.5 Å². The first-order chi connectivity index (χ1) is 9.06. The Kier molecular flexibility index (Phi) is 4.20. The SMILES string of the molecule is NC(Cc1ccc(O)cc1)C(=O)c1ccc(Cl)cc1. The quantitative estimate of drug-likeness (QED) is 0.844. The van der Waals surface area contributed by atoms with Gasteiger partial charge in [0, 0.05) is 10.6 Å². The molecule has 4 heteroatoms. The average Bonchev–Trinajstić information content (AvgIpc) is 2.41. The zero-order valence-corrected chi connectivity index (χ0v) is 11.0. The van der Waals surface area contributed by atoms with E-state index in [0.29, 0.717) is 17.0 Å². The van der Waals surface area contributed by atoms with Gasteiger partial charge in [0.1, 0.15) is 5.75 Å². The van der Waals surface area contributed by atoms with Crippen molar-refractivity contribution in [1.82, 2.24) is 0 Å². The number of aromatic hydroxyl groups is 1. The molecule has 0 aliphatic heterocycles. The lowest BCUT2D eigenvalue weighted by Gasteiger charge is -2.11. The lowest BCUT2D eigenvalue weighted by Crippen LogP contribution is -2.32. The van der Waals surface area contributed by atoms with Gasteiger partial charge < -0.3 is 10.8 Å². The molecule has 0 fully saturated rings. The van der Waals surface area contributed by atoms with Crippen LogP contribution in [0.2, 0.25) is 5.02 Å². The van der Waals surface area contributed by atoms with Gasteiger partial charge in [-0.25, -0.2) is 0 Å². The van der Waals surface area contributed by atoms with Crippen molar-refractivity contribution < 1.29 is 9.90 Å². The standard InChI is InChI=1S/C15H14ClNO2/c16-12-5-3-11(4-6-12)15(19)14(17)9-10-1-7-13(18)8-2-10/h1-8,14,18H,9,17H2. The summed E-state index contributed by atoms with van der Waals surface area (Å²) >= 11 is 5.77. The summed E-state index contributed by atoms with van der Waals surface area (Å²) in [5.41, 5.74) is 7.37. The van der Waals surface area contributed by atoms with Crippen LogP contribution in [0.25, 0.3) is 0 Å². The highest BCUT2D eigenvalue weighted by molar-refractivity contribution is 6.30. The van der Waals surface area contributed by atoms with Gasteiger partial charge >= 0.3 is 0 Å². The Morgan fingerprint density at radius 3 is 2.26 bits per heavy atom. The molecular formula is C15H14ClNO2. The summed E-state index contributed by atoms with van der Waals surface area (Å²) in [5, 5.41) is 9.78. The fraction of sp³-hybridized carbons (Fsp3) is 0.133. The summed E-state index contributed by atoms with van der Waals surface area (Å²) in [7, 11) is 0. The van der Waals surface area contributed by atoms with Crippen LogP contribution in [-0.2, 0) is 6.42 Å². The highest BCUT2D eigenvalue weighted by Gasteiger charge is 2.16. The van der Waals surface area contributed by atoms with Crippen molar-refractivity contribution in [3.63, 3.8) is 0 Å². The fourth-order valence-corrected chi connectivity index (χ4v) is 1.93. The number of phenolic OH excluding ortho intramolecular Hbond substituents is 1.